The van der Waals surface area contributed by atoms with Gasteiger partial charge in [0.15, 0.2) is 0 Å². The van der Waals surface area contributed by atoms with Gasteiger partial charge in [0.25, 0.3) is 0 Å². The summed E-state index contributed by atoms with van der Waals surface area (Å²) in [6.07, 6.45) is 4.36. The summed E-state index contributed by atoms with van der Waals surface area (Å²) in [5.41, 5.74) is 8.37. The average molecular weight is 550 g/mol. The zero-order chi connectivity index (χ0) is 28.9. The summed E-state index contributed by atoms with van der Waals surface area (Å²) in [5.74, 6) is 0. The molecule has 8 aromatic carbocycles. The molecular weight excluding hydrogens is 518 g/mol. The maximum absolute atomic E-state index is 2.40. The van der Waals surface area contributed by atoms with E-state index in [0.29, 0.717) is 0 Å². The molecule has 0 saturated heterocycles. The van der Waals surface area contributed by atoms with Gasteiger partial charge in [-0.25, -0.2) is 0 Å². The van der Waals surface area contributed by atoms with E-state index in [9.17, 15) is 0 Å². The molecule has 43 heavy (non-hydrogen) atoms. The first kappa shape index (κ1) is 25.3. The van der Waals surface area contributed by atoms with Crippen molar-refractivity contribution in [2.45, 2.75) is 13.8 Å². The second kappa shape index (κ2) is 10.2. The number of benzene rings is 8. The van der Waals surface area contributed by atoms with Gasteiger partial charge in [0.1, 0.15) is 0 Å². The lowest BCUT2D eigenvalue weighted by atomic mass is 9.89. The van der Waals surface area contributed by atoms with E-state index in [1.165, 1.54) is 71.0 Å². The van der Waals surface area contributed by atoms with Crippen molar-refractivity contribution < 1.29 is 0 Å². The molecule has 0 N–H and O–H groups in total. The number of anilines is 3. The number of fused-ring (bicyclic) bond motifs is 2. The van der Waals surface area contributed by atoms with Gasteiger partial charge in [-0.05, 0) is 93.0 Å². The second-order valence-corrected chi connectivity index (χ2v) is 11.6. The highest BCUT2D eigenvalue weighted by Crippen LogP contribution is 2.45. The molecule has 0 aliphatic heterocycles. The predicted molar refractivity (Wildman–Crippen MR) is 187 cm³/mol. The lowest BCUT2D eigenvalue weighted by molar-refractivity contribution is 1.29. The van der Waals surface area contributed by atoms with E-state index in [0.717, 1.165) is 11.4 Å². The average Bonchev–Trinajstić information content (AvgIpc) is 3.05. The Morgan fingerprint density at radius 2 is 0.837 bits per heavy atom. The molecule has 0 saturated carbocycles. The van der Waals surface area contributed by atoms with Gasteiger partial charge in [0, 0.05) is 16.8 Å². The molecule has 0 aliphatic rings. The smallest absolute Gasteiger partial charge is 0.0540 e. The van der Waals surface area contributed by atoms with Gasteiger partial charge in [-0.1, -0.05) is 132 Å². The maximum atomic E-state index is 2.40. The summed E-state index contributed by atoms with van der Waals surface area (Å²) in [6, 6.07) is 51.2. The van der Waals surface area contributed by atoms with Crippen LogP contribution in [0.15, 0.2) is 140 Å². The third-order valence-corrected chi connectivity index (χ3v) is 8.73. The van der Waals surface area contributed by atoms with Crippen molar-refractivity contribution in [1.82, 2.24) is 0 Å². The maximum Gasteiger partial charge on any atom is 0.0540 e. The van der Waals surface area contributed by atoms with Crippen LogP contribution < -0.4 is 4.90 Å². The number of rotatable bonds is 5. The normalized spacial score (nSPS) is 11.9. The van der Waals surface area contributed by atoms with E-state index in [1.807, 2.05) is 0 Å². The molecule has 1 heteroatoms. The minimum atomic E-state index is 1.13. The van der Waals surface area contributed by atoms with Gasteiger partial charge in [0.05, 0.1) is 5.69 Å². The van der Waals surface area contributed by atoms with Gasteiger partial charge < -0.3 is 4.90 Å². The molecule has 0 aromatic heterocycles. The summed E-state index contributed by atoms with van der Waals surface area (Å²) in [5, 5.41) is 10.5. The van der Waals surface area contributed by atoms with Crippen molar-refractivity contribution in [2.24, 2.45) is 0 Å². The van der Waals surface area contributed by atoms with E-state index in [2.05, 4.69) is 170 Å². The van der Waals surface area contributed by atoms with Crippen LogP contribution in [0.4, 0.5) is 17.1 Å². The summed E-state index contributed by atoms with van der Waals surface area (Å²) >= 11 is 0. The fraction of sp³-hybridized carbons (Fsp3) is 0.0476. The fourth-order valence-electron chi connectivity index (χ4n) is 6.55. The molecular formula is C42H31N. The van der Waals surface area contributed by atoms with Crippen LogP contribution in [0.3, 0.4) is 0 Å². The first-order valence-electron chi connectivity index (χ1n) is 14.9. The second-order valence-electron chi connectivity index (χ2n) is 11.6. The third kappa shape index (κ3) is 4.33. The summed E-state index contributed by atoms with van der Waals surface area (Å²) in [6.45, 7) is 4.26. The first-order valence-corrected chi connectivity index (χ1v) is 14.9. The van der Waals surface area contributed by atoms with E-state index < -0.39 is 0 Å². The van der Waals surface area contributed by atoms with Crippen molar-refractivity contribution in [1.29, 1.82) is 0 Å². The zero-order valence-electron chi connectivity index (χ0n) is 24.4. The van der Waals surface area contributed by atoms with Crippen molar-refractivity contribution in [3.8, 4) is 0 Å². The Morgan fingerprint density at radius 3 is 1.44 bits per heavy atom. The Morgan fingerprint density at radius 1 is 0.395 bits per heavy atom. The monoisotopic (exact) mass is 549 g/mol. The van der Waals surface area contributed by atoms with Crippen LogP contribution in [0.25, 0.3) is 55.2 Å². The van der Waals surface area contributed by atoms with Crippen molar-refractivity contribution >= 4 is 72.3 Å². The van der Waals surface area contributed by atoms with Gasteiger partial charge in [-0.3, -0.25) is 0 Å². The lowest BCUT2D eigenvalue weighted by Crippen LogP contribution is -2.10. The molecule has 8 rings (SSSR count). The molecule has 0 unspecified atom stereocenters. The van der Waals surface area contributed by atoms with Gasteiger partial charge in [-0.2, -0.15) is 0 Å². The van der Waals surface area contributed by atoms with E-state index in [4.69, 9.17) is 0 Å². The largest absolute Gasteiger partial charge is 0.310 e. The highest BCUT2D eigenvalue weighted by molar-refractivity contribution is 6.34. The standard InChI is InChI=1S/C42H31N/c1-28-12-16-30(17-13-28)18-19-31-20-24-34(25-21-31)43(33-22-14-29(2)15-23-33)40-27-26-38-36-9-4-7-32-6-3-8-35(41(32)36)37-10-5-11-39(40)42(37)38/h3-27H,1-2H3/b19-18+. The quantitative estimate of drug-likeness (QED) is 0.117. The predicted octanol–water partition coefficient (Wildman–Crippen LogP) is 12.0. The van der Waals surface area contributed by atoms with Gasteiger partial charge in [0.2, 0.25) is 0 Å². The summed E-state index contributed by atoms with van der Waals surface area (Å²) < 4.78 is 0. The van der Waals surface area contributed by atoms with E-state index in [1.54, 1.807) is 0 Å². The van der Waals surface area contributed by atoms with Crippen LogP contribution in [0.1, 0.15) is 22.3 Å². The molecule has 0 radical (unpaired) electrons. The van der Waals surface area contributed by atoms with Crippen molar-refractivity contribution in [2.75, 3.05) is 4.90 Å². The highest BCUT2D eigenvalue weighted by atomic mass is 15.1. The SMILES string of the molecule is Cc1ccc(/C=C/c2ccc(N(c3ccc(C)cc3)c3ccc4c5cccc6cccc(c7cccc3c74)c65)cc2)cc1. The molecule has 0 heterocycles. The first-order chi connectivity index (χ1) is 21.1. The molecule has 1 nitrogen and oxygen atoms in total. The van der Waals surface area contributed by atoms with Crippen LogP contribution in [0.2, 0.25) is 0 Å². The van der Waals surface area contributed by atoms with Crippen molar-refractivity contribution in [3.05, 3.63) is 162 Å². The molecule has 0 aliphatic carbocycles. The molecule has 0 spiro atoms. The van der Waals surface area contributed by atoms with Crippen LogP contribution in [0, 0.1) is 13.8 Å². The number of nitrogens with zero attached hydrogens (tertiary/aromatic N) is 1. The zero-order valence-corrected chi connectivity index (χ0v) is 24.4. The van der Waals surface area contributed by atoms with E-state index >= 15 is 0 Å². The summed E-state index contributed by atoms with van der Waals surface area (Å²) in [7, 11) is 0. The highest BCUT2D eigenvalue weighted by Gasteiger charge is 2.19. The molecule has 0 atom stereocenters. The minimum Gasteiger partial charge on any atom is -0.310 e. The molecule has 0 bridgehead atoms. The van der Waals surface area contributed by atoms with Crippen LogP contribution >= 0.6 is 0 Å². The molecule has 0 fully saturated rings. The number of hydrogen-bond acceptors (Lipinski definition) is 1. The lowest BCUT2D eigenvalue weighted by Gasteiger charge is -2.28. The van der Waals surface area contributed by atoms with Crippen LogP contribution in [-0.4, -0.2) is 0 Å². The molecule has 8 aromatic rings. The Balaban J connectivity index is 1.31. The van der Waals surface area contributed by atoms with Crippen LogP contribution in [0.5, 0.6) is 0 Å². The van der Waals surface area contributed by atoms with E-state index in [-0.39, 0.29) is 0 Å². The molecule has 0 amide bonds. The Hall–Kier alpha value is -5.40. The minimum absolute atomic E-state index is 1.13. The van der Waals surface area contributed by atoms with Gasteiger partial charge >= 0.3 is 0 Å². The van der Waals surface area contributed by atoms with Crippen LogP contribution in [-0.2, 0) is 0 Å². The Labute approximate surface area is 252 Å². The Kier molecular flexibility index (Phi) is 5.98. The topological polar surface area (TPSA) is 3.24 Å². The van der Waals surface area contributed by atoms with Gasteiger partial charge in [-0.15, -0.1) is 0 Å². The third-order valence-electron chi connectivity index (χ3n) is 8.73. The number of aryl methyl sites for hydroxylation is 2. The summed E-state index contributed by atoms with van der Waals surface area (Å²) in [4.78, 5) is 2.40. The number of hydrogen-bond donors (Lipinski definition) is 0. The van der Waals surface area contributed by atoms with Crippen molar-refractivity contribution in [3.63, 3.8) is 0 Å². The Bertz CT molecular complexity index is 2220. The fourth-order valence-corrected chi connectivity index (χ4v) is 6.55. The molecule has 204 valence electrons.